The van der Waals surface area contributed by atoms with Crippen LogP contribution in [0.3, 0.4) is 0 Å². The molecule has 2 heteroatoms. The van der Waals surface area contributed by atoms with Gasteiger partial charge in [-0.2, -0.15) is 0 Å². The second kappa shape index (κ2) is 2.85. The van der Waals surface area contributed by atoms with Gasteiger partial charge in [0.15, 0.2) is 0 Å². The maximum absolute atomic E-state index is 3.52. The molecule has 0 fully saturated rings. The fraction of sp³-hybridized carbons (Fsp3) is 0.333. The van der Waals surface area contributed by atoms with Crippen molar-refractivity contribution >= 4 is 10.9 Å². The summed E-state index contributed by atoms with van der Waals surface area (Å²) in [6.07, 6.45) is 1.15. The van der Waals surface area contributed by atoms with Gasteiger partial charge >= 0.3 is 0 Å². The third-order valence-electron chi connectivity index (χ3n) is 3.09. The summed E-state index contributed by atoms with van der Waals surface area (Å²) in [4.78, 5) is 3.52. The minimum absolute atomic E-state index is 0.990. The molecule has 0 spiro atoms. The normalized spacial score (nSPS) is 15.8. The van der Waals surface area contributed by atoms with Gasteiger partial charge < -0.3 is 10.3 Å². The van der Waals surface area contributed by atoms with E-state index in [1.807, 2.05) is 0 Å². The van der Waals surface area contributed by atoms with Crippen molar-refractivity contribution in [3.63, 3.8) is 0 Å². The Hall–Kier alpha value is -1.28. The van der Waals surface area contributed by atoms with Crippen molar-refractivity contribution in [1.82, 2.24) is 10.3 Å². The van der Waals surface area contributed by atoms with Crippen LogP contribution in [0.4, 0.5) is 0 Å². The molecule has 0 amide bonds. The summed E-state index contributed by atoms with van der Waals surface area (Å²) in [5.74, 6) is 0. The fourth-order valence-corrected chi connectivity index (χ4v) is 2.34. The first-order chi connectivity index (χ1) is 6.86. The Kier molecular flexibility index (Phi) is 1.64. The molecule has 72 valence electrons. The van der Waals surface area contributed by atoms with Crippen molar-refractivity contribution in [2.75, 3.05) is 6.54 Å². The molecule has 2 heterocycles. The summed E-state index contributed by atoms with van der Waals surface area (Å²) in [6.45, 7) is 4.26. The van der Waals surface area contributed by atoms with Crippen LogP contribution in [0.5, 0.6) is 0 Å². The van der Waals surface area contributed by atoms with Crippen LogP contribution in [0.25, 0.3) is 10.9 Å². The van der Waals surface area contributed by atoms with Crippen molar-refractivity contribution in [1.29, 1.82) is 0 Å². The lowest BCUT2D eigenvalue weighted by molar-refractivity contribution is 0.637. The molecule has 0 bridgehead atoms. The lowest BCUT2D eigenvalue weighted by Crippen LogP contribution is -2.22. The predicted octanol–water partition coefficient (Wildman–Crippen LogP) is 2.12. The van der Waals surface area contributed by atoms with Crippen LogP contribution in [0.15, 0.2) is 18.2 Å². The lowest BCUT2D eigenvalue weighted by Gasteiger charge is -2.12. The smallest absolute Gasteiger partial charge is 0.0489 e. The summed E-state index contributed by atoms with van der Waals surface area (Å²) < 4.78 is 0. The monoisotopic (exact) mass is 186 g/mol. The molecule has 1 aliphatic rings. The van der Waals surface area contributed by atoms with E-state index in [9.17, 15) is 0 Å². The highest BCUT2D eigenvalue weighted by molar-refractivity contribution is 5.87. The van der Waals surface area contributed by atoms with Crippen molar-refractivity contribution in [3.8, 4) is 0 Å². The highest BCUT2D eigenvalue weighted by atomic mass is 14.9. The van der Waals surface area contributed by atoms with E-state index < -0.39 is 0 Å². The van der Waals surface area contributed by atoms with Gasteiger partial charge in [-0.05, 0) is 31.0 Å². The largest absolute Gasteiger partial charge is 0.357 e. The van der Waals surface area contributed by atoms with E-state index >= 15 is 0 Å². The van der Waals surface area contributed by atoms with Crippen LogP contribution in [0.2, 0.25) is 0 Å². The number of benzene rings is 1. The summed E-state index contributed by atoms with van der Waals surface area (Å²) in [5.41, 5.74) is 5.56. The maximum Gasteiger partial charge on any atom is 0.0489 e. The molecule has 0 aliphatic carbocycles. The maximum atomic E-state index is 3.52. The number of nitrogens with one attached hydrogen (secondary N) is 2. The summed E-state index contributed by atoms with van der Waals surface area (Å²) >= 11 is 0. The number of hydrogen-bond acceptors (Lipinski definition) is 1. The molecule has 0 atom stereocenters. The van der Waals surface area contributed by atoms with Gasteiger partial charge in [0.1, 0.15) is 0 Å². The van der Waals surface area contributed by atoms with E-state index in [2.05, 4.69) is 35.4 Å². The standard InChI is InChI=1S/C12H14N2/c1-8-3-2-4-10-9-5-6-13-7-11(9)14-12(8)10/h2-4,13-14H,5-7H2,1H3. The molecular weight excluding hydrogens is 172 g/mol. The topological polar surface area (TPSA) is 27.8 Å². The molecule has 1 aromatic heterocycles. The van der Waals surface area contributed by atoms with Crippen molar-refractivity contribution < 1.29 is 0 Å². The molecule has 2 nitrogen and oxygen atoms in total. The number of rotatable bonds is 0. The van der Waals surface area contributed by atoms with E-state index in [0.29, 0.717) is 0 Å². The second-order valence-corrected chi connectivity index (χ2v) is 4.01. The minimum Gasteiger partial charge on any atom is -0.357 e. The zero-order valence-corrected chi connectivity index (χ0v) is 8.35. The molecule has 1 aliphatic heterocycles. The quantitative estimate of drug-likeness (QED) is 0.648. The van der Waals surface area contributed by atoms with Gasteiger partial charge in [-0.15, -0.1) is 0 Å². The van der Waals surface area contributed by atoms with Gasteiger partial charge in [-0.1, -0.05) is 18.2 Å². The SMILES string of the molecule is Cc1cccc2c3c([nH]c12)CNCC3. The molecule has 0 saturated heterocycles. The Morgan fingerprint density at radius 1 is 1.29 bits per heavy atom. The Labute approximate surface area is 83.3 Å². The molecule has 0 unspecified atom stereocenters. The Bertz CT molecular complexity index is 482. The molecular formula is C12H14N2. The van der Waals surface area contributed by atoms with Gasteiger partial charge in [0, 0.05) is 23.1 Å². The molecule has 0 radical (unpaired) electrons. The van der Waals surface area contributed by atoms with Gasteiger partial charge in [0.05, 0.1) is 0 Å². The van der Waals surface area contributed by atoms with Gasteiger partial charge in [-0.3, -0.25) is 0 Å². The number of hydrogen-bond donors (Lipinski definition) is 2. The number of H-pyrrole nitrogens is 1. The third kappa shape index (κ3) is 1.01. The molecule has 1 aromatic carbocycles. The average molecular weight is 186 g/mol. The highest BCUT2D eigenvalue weighted by Gasteiger charge is 2.14. The first-order valence-corrected chi connectivity index (χ1v) is 5.16. The number of aromatic nitrogens is 1. The Morgan fingerprint density at radius 3 is 3.14 bits per heavy atom. The average Bonchev–Trinajstić information content (AvgIpc) is 2.59. The van der Waals surface area contributed by atoms with Crippen LogP contribution in [0, 0.1) is 6.92 Å². The van der Waals surface area contributed by atoms with Crippen molar-refractivity contribution in [2.45, 2.75) is 19.9 Å². The van der Waals surface area contributed by atoms with Crippen molar-refractivity contribution in [3.05, 3.63) is 35.0 Å². The highest BCUT2D eigenvalue weighted by Crippen LogP contribution is 2.26. The van der Waals surface area contributed by atoms with Gasteiger partial charge in [0.25, 0.3) is 0 Å². The second-order valence-electron chi connectivity index (χ2n) is 4.01. The van der Waals surface area contributed by atoms with Crippen LogP contribution in [-0.2, 0) is 13.0 Å². The van der Waals surface area contributed by atoms with Crippen molar-refractivity contribution in [2.24, 2.45) is 0 Å². The van der Waals surface area contributed by atoms with Gasteiger partial charge in [-0.25, -0.2) is 0 Å². The van der Waals surface area contributed by atoms with E-state index in [1.54, 1.807) is 0 Å². The van der Waals surface area contributed by atoms with Crippen LogP contribution in [-0.4, -0.2) is 11.5 Å². The molecule has 0 saturated carbocycles. The molecule has 14 heavy (non-hydrogen) atoms. The number of aryl methyl sites for hydroxylation is 1. The van der Waals surface area contributed by atoms with E-state index in [-0.39, 0.29) is 0 Å². The van der Waals surface area contributed by atoms with Crippen LogP contribution in [0.1, 0.15) is 16.8 Å². The lowest BCUT2D eigenvalue weighted by atomic mass is 10.0. The summed E-state index contributed by atoms with van der Waals surface area (Å²) in [7, 11) is 0. The first-order valence-electron chi connectivity index (χ1n) is 5.16. The molecule has 2 aromatic rings. The van der Waals surface area contributed by atoms with E-state index in [4.69, 9.17) is 0 Å². The molecule has 3 rings (SSSR count). The van der Waals surface area contributed by atoms with E-state index in [0.717, 1.165) is 19.5 Å². The van der Waals surface area contributed by atoms with Crippen LogP contribution >= 0.6 is 0 Å². The first kappa shape index (κ1) is 8.06. The fourth-order valence-electron chi connectivity index (χ4n) is 2.34. The van der Waals surface area contributed by atoms with Gasteiger partial charge in [0.2, 0.25) is 0 Å². The third-order valence-corrected chi connectivity index (χ3v) is 3.09. The minimum atomic E-state index is 0.990. The number of fused-ring (bicyclic) bond motifs is 3. The summed E-state index contributed by atoms with van der Waals surface area (Å²) in [6, 6.07) is 6.54. The number of aromatic amines is 1. The molecule has 2 N–H and O–H groups in total. The Morgan fingerprint density at radius 2 is 2.21 bits per heavy atom. The zero-order valence-electron chi connectivity index (χ0n) is 8.35. The number of para-hydroxylation sites is 1. The Balaban J connectivity index is 2.36. The zero-order chi connectivity index (χ0) is 9.54. The van der Waals surface area contributed by atoms with Crippen LogP contribution < -0.4 is 5.32 Å². The summed E-state index contributed by atoms with van der Waals surface area (Å²) in [5, 5.41) is 4.81. The van der Waals surface area contributed by atoms with E-state index in [1.165, 1.54) is 27.7 Å². The predicted molar refractivity (Wildman–Crippen MR) is 58.4 cm³/mol.